The molecule has 6 heteroatoms. The van der Waals surface area contributed by atoms with Gasteiger partial charge < -0.3 is 14.3 Å². The molecule has 0 aliphatic rings. The number of nitrogens with zero attached hydrogens (tertiary/aromatic N) is 1. The monoisotopic (exact) mass is 395 g/mol. The summed E-state index contributed by atoms with van der Waals surface area (Å²) in [6.45, 7) is 0. The summed E-state index contributed by atoms with van der Waals surface area (Å²) in [5.74, 6) is 0.909. The van der Waals surface area contributed by atoms with Gasteiger partial charge in [0.15, 0.2) is 0 Å². The SMILES string of the molecule is COc1ccc(-c2cc(=Nc3ccc(F)c(Cl)c3)c3cc(O)ccc3o2)cc1. The molecule has 140 valence electrons. The molecule has 0 saturated heterocycles. The molecule has 1 heterocycles. The van der Waals surface area contributed by atoms with Gasteiger partial charge in [-0.05, 0) is 60.7 Å². The number of ether oxygens (including phenoxy) is 1. The van der Waals surface area contributed by atoms with Crippen LogP contribution in [0.4, 0.5) is 10.1 Å². The van der Waals surface area contributed by atoms with Crippen molar-refractivity contribution in [1.82, 2.24) is 0 Å². The van der Waals surface area contributed by atoms with E-state index in [9.17, 15) is 9.50 Å². The molecule has 1 N–H and O–H groups in total. The molecule has 0 saturated carbocycles. The standard InChI is InChI=1S/C22H15ClFNO3/c1-27-16-6-2-13(3-7-16)22-12-20(17-11-15(26)5-9-21(17)28-22)25-14-4-8-19(24)18(23)10-14/h2-12,26H,1H3. The van der Waals surface area contributed by atoms with Gasteiger partial charge in [0.25, 0.3) is 0 Å². The quantitative estimate of drug-likeness (QED) is 0.474. The maximum atomic E-state index is 13.5. The molecule has 3 aromatic carbocycles. The molecule has 28 heavy (non-hydrogen) atoms. The van der Waals surface area contributed by atoms with Crippen molar-refractivity contribution in [3.8, 4) is 22.8 Å². The van der Waals surface area contributed by atoms with E-state index in [1.165, 1.54) is 18.2 Å². The van der Waals surface area contributed by atoms with E-state index in [2.05, 4.69) is 4.99 Å². The van der Waals surface area contributed by atoms with Gasteiger partial charge >= 0.3 is 0 Å². The molecule has 0 spiro atoms. The molecular formula is C22H15ClFNO3. The van der Waals surface area contributed by atoms with Crippen molar-refractivity contribution < 1.29 is 18.7 Å². The number of phenolic OH excluding ortho intramolecular Hbond substituents is 1. The van der Waals surface area contributed by atoms with Crippen LogP contribution in [0.1, 0.15) is 0 Å². The smallest absolute Gasteiger partial charge is 0.141 e. The Balaban J connectivity index is 1.95. The van der Waals surface area contributed by atoms with Gasteiger partial charge in [-0.15, -0.1) is 0 Å². The predicted octanol–water partition coefficient (Wildman–Crippen LogP) is 5.84. The van der Waals surface area contributed by atoms with Gasteiger partial charge in [0.05, 0.1) is 23.2 Å². The molecule has 0 bridgehead atoms. The molecule has 4 aromatic rings. The van der Waals surface area contributed by atoms with Gasteiger partial charge in [-0.1, -0.05) is 11.6 Å². The maximum Gasteiger partial charge on any atom is 0.141 e. The largest absolute Gasteiger partial charge is 0.508 e. The first-order valence-corrected chi connectivity index (χ1v) is 8.82. The first kappa shape index (κ1) is 18.1. The lowest BCUT2D eigenvalue weighted by molar-refractivity contribution is 0.415. The summed E-state index contributed by atoms with van der Waals surface area (Å²) in [7, 11) is 1.60. The first-order valence-electron chi connectivity index (χ1n) is 8.44. The molecule has 0 fully saturated rings. The van der Waals surface area contributed by atoms with E-state index in [0.29, 0.717) is 27.8 Å². The Labute approximate surface area is 165 Å². The van der Waals surface area contributed by atoms with Crippen LogP contribution in [0.15, 0.2) is 76.1 Å². The van der Waals surface area contributed by atoms with Crippen LogP contribution in [0.25, 0.3) is 22.3 Å². The second-order valence-corrected chi connectivity index (χ2v) is 6.52. The van der Waals surface area contributed by atoms with Gasteiger partial charge in [-0.3, -0.25) is 0 Å². The number of methoxy groups -OCH3 is 1. The van der Waals surface area contributed by atoms with E-state index in [-0.39, 0.29) is 10.8 Å². The lowest BCUT2D eigenvalue weighted by atomic mass is 10.1. The van der Waals surface area contributed by atoms with Crippen molar-refractivity contribution in [2.24, 2.45) is 4.99 Å². The zero-order valence-electron chi connectivity index (χ0n) is 14.8. The third-order valence-electron chi connectivity index (χ3n) is 4.25. The van der Waals surface area contributed by atoms with Crippen molar-refractivity contribution in [3.05, 3.63) is 82.9 Å². The summed E-state index contributed by atoms with van der Waals surface area (Å²) in [5, 5.41) is 11.1. The van der Waals surface area contributed by atoms with Gasteiger partial charge in [0.1, 0.15) is 28.7 Å². The maximum absolute atomic E-state index is 13.5. The highest BCUT2D eigenvalue weighted by Gasteiger charge is 2.08. The summed E-state index contributed by atoms with van der Waals surface area (Å²) in [6.07, 6.45) is 0. The topological polar surface area (TPSA) is 55.0 Å². The van der Waals surface area contributed by atoms with Crippen LogP contribution in [-0.4, -0.2) is 12.2 Å². The van der Waals surface area contributed by atoms with E-state index in [1.54, 1.807) is 31.4 Å². The summed E-state index contributed by atoms with van der Waals surface area (Å²) >= 11 is 5.87. The molecule has 0 atom stereocenters. The summed E-state index contributed by atoms with van der Waals surface area (Å²) in [5.41, 5.74) is 1.88. The summed E-state index contributed by atoms with van der Waals surface area (Å²) < 4.78 is 24.7. The fourth-order valence-electron chi connectivity index (χ4n) is 2.84. The number of fused-ring (bicyclic) bond motifs is 1. The zero-order chi connectivity index (χ0) is 19.7. The van der Waals surface area contributed by atoms with E-state index < -0.39 is 5.82 Å². The van der Waals surface area contributed by atoms with Crippen LogP contribution < -0.4 is 10.1 Å². The third-order valence-corrected chi connectivity index (χ3v) is 4.54. The van der Waals surface area contributed by atoms with Gasteiger partial charge in [0.2, 0.25) is 0 Å². The molecule has 1 aromatic heterocycles. The van der Waals surface area contributed by atoms with Crippen LogP contribution in [0.2, 0.25) is 5.02 Å². The van der Waals surface area contributed by atoms with Crippen LogP contribution in [0.3, 0.4) is 0 Å². The number of halogens is 2. The minimum absolute atomic E-state index is 0.00982. The number of phenols is 1. The zero-order valence-corrected chi connectivity index (χ0v) is 15.6. The molecule has 4 nitrogen and oxygen atoms in total. The number of hydrogen-bond acceptors (Lipinski definition) is 4. The summed E-state index contributed by atoms with van der Waals surface area (Å²) in [4.78, 5) is 4.59. The lowest BCUT2D eigenvalue weighted by Crippen LogP contribution is -2.03. The van der Waals surface area contributed by atoms with Crippen LogP contribution in [0.5, 0.6) is 11.5 Å². The van der Waals surface area contributed by atoms with E-state index >= 15 is 0 Å². The molecule has 0 aliphatic carbocycles. The Morgan fingerprint density at radius 2 is 1.79 bits per heavy atom. The Morgan fingerprint density at radius 3 is 2.50 bits per heavy atom. The van der Waals surface area contributed by atoms with E-state index in [1.807, 2.05) is 24.3 Å². The molecule has 0 unspecified atom stereocenters. The van der Waals surface area contributed by atoms with Crippen molar-refractivity contribution in [1.29, 1.82) is 0 Å². The van der Waals surface area contributed by atoms with Crippen molar-refractivity contribution >= 4 is 28.3 Å². The highest BCUT2D eigenvalue weighted by atomic mass is 35.5. The molecule has 0 radical (unpaired) electrons. The highest BCUT2D eigenvalue weighted by Crippen LogP contribution is 2.27. The number of hydrogen-bond donors (Lipinski definition) is 1. The second-order valence-electron chi connectivity index (χ2n) is 6.12. The van der Waals surface area contributed by atoms with E-state index in [4.69, 9.17) is 20.8 Å². The molecular weight excluding hydrogens is 381 g/mol. The van der Waals surface area contributed by atoms with Crippen LogP contribution >= 0.6 is 11.6 Å². The fraction of sp³-hybridized carbons (Fsp3) is 0.0455. The van der Waals surface area contributed by atoms with Crippen molar-refractivity contribution in [2.45, 2.75) is 0 Å². The van der Waals surface area contributed by atoms with Gasteiger partial charge in [-0.2, -0.15) is 0 Å². The van der Waals surface area contributed by atoms with Crippen LogP contribution in [0, 0.1) is 5.82 Å². The van der Waals surface area contributed by atoms with E-state index in [0.717, 1.165) is 11.3 Å². The van der Waals surface area contributed by atoms with Gasteiger partial charge in [0, 0.05) is 17.0 Å². The molecule has 4 rings (SSSR count). The van der Waals surface area contributed by atoms with Gasteiger partial charge in [-0.25, -0.2) is 9.38 Å². The summed E-state index contributed by atoms with van der Waals surface area (Å²) in [6, 6.07) is 18.2. The third kappa shape index (κ3) is 3.57. The van der Waals surface area contributed by atoms with Crippen molar-refractivity contribution in [2.75, 3.05) is 7.11 Å². The predicted molar refractivity (Wildman–Crippen MR) is 106 cm³/mol. The average Bonchev–Trinajstić information content (AvgIpc) is 2.71. The minimum Gasteiger partial charge on any atom is -0.508 e. The first-order chi connectivity index (χ1) is 13.5. The number of aromatic hydroxyl groups is 1. The van der Waals surface area contributed by atoms with Crippen molar-refractivity contribution in [3.63, 3.8) is 0 Å². The Bertz CT molecular complexity index is 1230. The normalized spacial score (nSPS) is 11.8. The average molecular weight is 396 g/mol. The lowest BCUT2D eigenvalue weighted by Gasteiger charge is -2.07. The minimum atomic E-state index is -0.509. The molecule has 0 aliphatic heterocycles. The number of rotatable bonds is 3. The fourth-order valence-corrected chi connectivity index (χ4v) is 3.02. The molecule has 0 amide bonds. The highest BCUT2D eigenvalue weighted by molar-refractivity contribution is 6.31. The Hall–Kier alpha value is -3.31. The number of benzene rings is 3. The second kappa shape index (κ2) is 7.37. The Morgan fingerprint density at radius 1 is 1.00 bits per heavy atom. The Kier molecular flexibility index (Phi) is 4.75. The van der Waals surface area contributed by atoms with Crippen LogP contribution in [-0.2, 0) is 0 Å².